The summed E-state index contributed by atoms with van der Waals surface area (Å²) in [7, 11) is 1.11. The van der Waals surface area contributed by atoms with Crippen LogP contribution in [0.3, 0.4) is 0 Å². The summed E-state index contributed by atoms with van der Waals surface area (Å²) in [6.45, 7) is 0. The van der Waals surface area contributed by atoms with Crippen LogP contribution in [0.15, 0.2) is 57.7 Å². The number of para-hydroxylation sites is 1. The van der Waals surface area contributed by atoms with Gasteiger partial charge in [0.15, 0.2) is 5.75 Å². The SMILES string of the molecule is COC(=O)C1C(=N)Oc2c(c(=O)oc3ccccc23)C1c1ccc(C(F)(F)F)cc1. The van der Waals surface area contributed by atoms with Gasteiger partial charge >= 0.3 is 17.8 Å². The van der Waals surface area contributed by atoms with Gasteiger partial charge in [-0.15, -0.1) is 0 Å². The van der Waals surface area contributed by atoms with Crippen molar-refractivity contribution in [2.24, 2.45) is 5.92 Å². The Morgan fingerprint density at radius 1 is 1.10 bits per heavy atom. The fourth-order valence-electron chi connectivity index (χ4n) is 3.61. The highest BCUT2D eigenvalue weighted by Gasteiger charge is 2.45. The van der Waals surface area contributed by atoms with E-state index in [9.17, 15) is 22.8 Å². The zero-order valence-corrected chi connectivity index (χ0v) is 15.4. The standard InChI is InChI=1S/C21H14F3NO5/c1-28-19(26)16-14(10-6-8-11(9-7-10)21(22,23)24)15-17(30-18(16)25)12-4-2-3-5-13(12)29-20(15)27/h2-9,14,16,25H,1H3. The van der Waals surface area contributed by atoms with E-state index in [1.54, 1.807) is 24.3 Å². The lowest BCUT2D eigenvalue weighted by Crippen LogP contribution is -2.40. The largest absolute Gasteiger partial charge is 0.468 e. The first-order chi connectivity index (χ1) is 14.2. The van der Waals surface area contributed by atoms with Gasteiger partial charge in [0.1, 0.15) is 11.5 Å². The van der Waals surface area contributed by atoms with Crippen LogP contribution in [0.5, 0.6) is 5.75 Å². The third-order valence-corrected chi connectivity index (χ3v) is 4.99. The average molecular weight is 417 g/mol. The first-order valence-corrected chi connectivity index (χ1v) is 8.79. The Morgan fingerprint density at radius 3 is 2.40 bits per heavy atom. The van der Waals surface area contributed by atoms with Crippen molar-refractivity contribution in [1.29, 1.82) is 5.41 Å². The number of hydrogen-bond donors (Lipinski definition) is 1. The van der Waals surface area contributed by atoms with Gasteiger partial charge in [-0.25, -0.2) is 4.79 Å². The van der Waals surface area contributed by atoms with E-state index in [4.69, 9.17) is 19.3 Å². The molecule has 0 spiro atoms. The van der Waals surface area contributed by atoms with Crippen LogP contribution in [0.25, 0.3) is 11.0 Å². The molecule has 2 unspecified atom stereocenters. The van der Waals surface area contributed by atoms with Gasteiger partial charge in [0.2, 0.25) is 5.90 Å². The molecule has 0 saturated heterocycles. The Morgan fingerprint density at radius 2 is 1.77 bits per heavy atom. The highest BCUT2D eigenvalue weighted by atomic mass is 19.4. The molecule has 0 bridgehead atoms. The molecule has 2 heterocycles. The molecular weight excluding hydrogens is 403 g/mol. The van der Waals surface area contributed by atoms with Crippen LogP contribution in [-0.4, -0.2) is 19.0 Å². The van der Waals surface area contributed by atoms with Gasteiger partial charge in [0.25, 0.3) is 0 Å². The van der Waals surface area contributed by atoms with E-state index in [1.165, 1.54) is 12.1 Å². The Balaban J connectivity index is 1.98. The molecule has 0 aliphatic carbocycles. The lowest BCUT2D eigenvalue weighted by atomic mass is 9.78. The molecule has 2 aromatic carbocycles. The molecule has 9 heteroatoms. The Labute approximate surface area is 167 Å². The van der Waals surface area contributed by atoms with E-state index < -0.39 is 41.1 Å². The molecule has 0 radical (unpaired) electrons. The molecule has 0 fully saturated rings. The number of carbonyl (C=O) groups is 1. The van der Waals surface area contributed by atoms with E-state index in [0.29, 0.717) is 5.39 Å². The van der Waals surface area contributed by atoms with Crippen LogP contribution in [-0.2, 0) is 15.7 Å². The van der Waals surface area contributed by atoms with Crippen LogP contribution < -0.4 is 10.4 Å². The third kappa shape index (κ3) is 3.12. The second kappa shape index (κ2) is 7.01. The van der Waals surface area contributed by atoms with Crippen molar-refractivity contribution in [1.82, 2.24) is 0 Å². The Kier molecular flexibility index (Phi) is 4.60. The molecule has 0 amide bonds. The van der Waals surface area contributed by atoms with Gasteiger partial charge in [0, 0.05) is 5.92 Å². The predicted molar refractivity (Wildman–Crippen MR) is 99.6 cm³/mol. The zero-order chi connectivity index (χ0) is 21.6. The predicted octanol–water partition coefficient (Wildman–Crippen LogP) is 4.10. The van der Waals surface area contributed by atoms with Crippen molar-refractivity contribution in [3.05, 3.63) is 75.6 Å². The number of benzene rings is 2. The number of methoxy groups -OCH3 is 1. The molecule has 6 nitrogen and oxygen atoms in total. The summed E-state index contributed by atoms with van der Waals surface area (Å²) >= 11 is 0. The molecule has 154 valence electrons. The summed E-state index contributed by atoms with van der Waals surface area (Å²) in [6, 6.07) is 10.5. The number of rotatable bonds is 2. The van der Waals surface area contributed by atoms with Crippen LogP contribution in [0, 0.1) is 11.3 Å². The number of nitrogens with one attached hydrogen (secondary N) is 1. The highest BCUT2D eigenvalue weighted by Crippen LogP contribution is 2.44. The number of ether oxygens (including phenoxy) is 2. The molecular formula is C21H14F3NO5. The van der Waals surface area contributed by atoms with E-state index >= 15 is 0 Å². The Bertz CT molecular complexity index is 1210. The topological polar surface area (TPSA) is 89.6 Å². The fraction of sp³-hybridized carbons (Fsp3) is 0.190. The summed E-state index contributed by atoms with van der Waals surface area (Å²) in [5.41, 5.74) is -1.31. The van der Waals surface area contributed by atoms with Crippen molar-refractivity contribution < 1.29 is 31.9 Å². The summed E-state index contributed by atoms with van der Waals surface area (Å²) < 4.78 is 54.5. The summed E-state index contributed by atoms with van der Waals surface area (Å²) in [6.07, 6.45) is -4.55. The third-order valence-electron chi connectivity index (χ3n) is 4.99. The van der Waals surface area contributed by atoms with Crippen molar-refractivity contribution in [2.45, 2.75) is 12.1 Å². The number of halogens is 3. The summed E-state index contributed by atoms with van der Waals surface area (Å²) in [4.78, 5) is 25.2. The monoisotopic (exact) mass is 417 g/mol. The summed E-state index contributed by atoms with van der Waals surface area (Å²) in [5, 5.41) is 8.64. The van der Waals surface area contributed by atoms with Crippen LogP contribution in [0.4, 0.5) is 13.2 Å². The average Bonchev–Trinajstić information content (AvgIpc) is 2.72. The number of hydrogen-bond acceptors (Lipinski definition) is 6. The van der Waals surface area contributed by atoms with Gasteiger partial charge in [0.05, 0.1) is 23.6 Å². The molecule has 1 aliphatic heterocycles. The van der Waals surface area contributed by atoms with Gasteiger partial charge in [-0.3, -0.25) is 10.2 Å². The molecule has 0 saturated carbocycles. The molecule has 1 aromatic heterocycles. The van der Waals surface area contributed by atoms with E-state index in [0.717, 1.165) is 19.2 Å². The minimum atomic E-state index is -4.55. The zero-order valence-electron chi connectivity index (χ0n) is 15.4. The quantitative estimate of drug-likeness (QED) is 0.501. The van der Waals surface area contributed by atoms with Gasteiger partial charge in [-0.2, -0.15) is 13.2 Å². The lowest BCUT2D eigenvalue weighted by molar-refractivity contribution is -0.144. The molecule has 1 N–H and O–H groups in total. The second-order valence-electron chi connectivity index (χ2n) is 6.69. The molecule has 30 heavy (non-hydrogen) atoms. The van der Waals surface area contributed by atoms with Gasteiger partial charge < -0.3 is 13.9 Å². The fourth-order valence-corrected chi connectivity index (χ4v) is 3.61. The van der Waals surface area contributed by atoms with Crippen molar-refractivity contribution in [3.63, 3.8) is 0 Å². The summed E-state index contributed by atoms with van der Waals surface area (Å²) in [5.74, 6) is -3.77. The van der Waals surface area contributed by atoms with Crippen LogP contribution >= 0.6 is 0 Å². The van der Waals surface area contributed by atoms with Gasteiger partial charge in [-0.1, -0.05) is 24.3 Å². The molecule has 2 atom stereocenters. The van der Waals surface area contributed by atoms with Crippen molar-refractivity contribution in [2.75, 3.05) is 7.11 Å². The van der Waals surface area contributed by atoms with E-state index in [2.05, 4.69) is 0 Å². The smallest absolute Gasteiger partial charge is 0.416 e. The number of esters is 1. The first-order valence-electron chi connectivity index (χ1n) is 8.79. The first kappa shape index (κ1) is 19.7. The Hall–Kier alpha value is -3.62. The molecule has 4 rings (SSSR count). The molecule has 1 aliphatic rings. The number of alkyl halides is 3. The minimum absolute atomic E-state index is 0.0388. The number of carbonyl (C=O) groups excluding carboxylic acids is 1. The highest BCUT2D eigenvalue weighted by molar-refractivity contribution is 6.02. The maximum Gasteiger partial charge on any atom is 0.416 e. The maximum absolute atomic E-state index is 13.0. The van der Waals surface area contributed by atoms with Crippen molar-refractivity contribution in [3.8, 4) is 5.75 Å². The van der Waals surface area contributed by atoms with Crippen LogP contribution in [0.1, 0.15) is 22.6 Å². The van der Waals surface area contributed by atoms with E-state index in [-0.39, 0.29) is 22.5 Å². The molecule has 3 aromatic rings. The van der Waals surface area contributed by atoms with Crippen LogP contribution in [0.2, 0.25) is 0 Å². The maximum atomic E-state index is 13.0. The number of fused-ring (bicyclic) bond motifs is 3. The van der Waals surface area contributed by atoms with Crippen molar-refractivity contribution >= 4 is 22.8 Å². The second-order valence-corrected chi connectivity index (χ2v) is 6.69. The lowest BCUT2D eigenvalue weighted by Gasteiger charge is -2.31. The van der Waals surface area contributed by atoms with Gasteiger partial charge in [-0.05, 0) is 29.8 Å². The van der Waals surface area contributed by atoms with E-state index in [1.807, 2.05) is 0 Å². The normalized spacial score (nSPS) is 18.6. The minimum Gasteiger partial charge on any atom is -0.468 e.